The van der Waals surface area contributed by atoms with E-state index in [1.807, 2.05) is 0 Å². The standard InChI is InChI=1S/C23H28N4O5S/c1-16(28)24-15-18-3-5-19(6-4-18)23(30)26-21-11-13-27(14-12-21)33(31,32)22-9-7-20(8-10-22)25-17(2)29/h3-10,21H,11-15H2,1-2H3,(H,24,28)(H,25,29)(H,26,30). The number of hydrogen-bond acceptors (Lipinski definition) is 5. The summed E-state index contributed by atoms with van der Waals surface area (Å²) in [5, 5.41) is 8.29. The first-order valence-corrected chi connectivity index (χ1v) is 12.1. The van der Waals surface area contributed by atoms with E-state index in [4.69, 9.17) is 0 Å². The molecule has 2 aromatic rings. The maximum atomic E-state index is 12.9. The molecule has 1 fully saturated rings. The molecule has 2 aromatic carbocycles. The fourth-order valence-electron chi connectivity index (χ4n) is 3.57. The average molecular weight is 473 g/mol. The summed E-state index contributed by atoms with van der Waals surface area (Å²) in [6, 6.07) is 12.9. The second-order valence-corrected chi connectivity index (χ2v) is 9.90. The van der Waals surface area contributed by atoms with Crippen molar-refractivity contribution in [3.8, 4) is 0 Å². The van der Waals surface area contributed by atoms with Gasteiger partial charge in [-0.3, -0.25) is 14.4 Å². The Labute approximate surface area is 193 Å². The molecule has 176 valence electrons. The molecule has 3 N–H and O–H groups in total. The van der Waals surface area contributed by atoms with Crippen molar-refractivity contribution < 1.29 is 22.8 Å². The molecule has 0 unspecified atom stereocenters. The van der Waals surface area contributed by atoms with Gasteiger partial charge in [-0.2, -0.15) is 4.31 Å². The zero-order valence-electron chi connectivity index (χ0n) is 18.6. The molecule has 1 aliphatic heterocycles. The second kappa shape index (κ2) is 10.6. The summed E-state index contributed by atoms with van der Waals surface area (Å²) in [5.74, 6) is -0.557. The van der Waals surface area contributed by atoms with Gasteiger partial charge in [0.25, 0.3) is 5.91 Å². The van der Waals surface area contributed by atoms with E-state index in [9.17, 15) is 22.8 Å². The van der Waals surface area contributed by atoms with Crippen molar-refractivity contribution in [1.29, 1.82) is 0 Å². The average Bonchev–Trinajstić information content (AvgIpc) is 2.78. The molecular weight excluding hydrogens is 444 g/mol. The van der Waals surface area contributed by atoms with Gasteiger partial charge in [0, 0.05) is 50.8 Å². The molecule has 0 aliphatic carbocycles. The highest BCUT2D eigenvalue weighted by Gasteiger charge is 2.30. The van der Waals surface area contributed by atoms with Gasteiger partial charge in [-0.05, 0) is 54.8 Å². The van der Waals surface area contributed by atoms with E-state index >= 15 is 0 Å². The van der Waals surface area contributed by atoms with Crippen molar-refractivity contribution >= 4 is 33.4 Å². The fraction of sp³-hybridized carbons (Fsp3) is 0.348. The van der Waals surface area contributed by atoms with Gasteiger partial charge in [0.1, 0.15) is 0 Å². The molecule has 1 aliphatic rings. The summed E-state index contributed by atoms with van der Waals surface area (Å²) in [7, 11) is -3.65. The zero-order chi connectivity index (χ0) is 24.0. The van der Waals surface area contributed by atoms with Crippen LogP contribution in [-0.4, -0.2) is 49.6 Å². The minimum absolute atomic E-state index is 0.118. The van der Waals surface area contributed by atoms with Gasteiger partial charge in [0.05, 0.1) is 4.90 Å². The molecule has 0 bridgehead atoms. The van der Waals surface area contributed by atoms with Crippen LogP contribution in [-0.2, 0) is 26.2 Å². The molecule has 0 spiro atoms. The normalized spacial score (nSPS) is 15.0. The first-order valence-electron chi connectivity index (χ1n) is 10.7. The fourth-order valence-corrected chi connectivity index (χ4v) is 5.04. The van der Waals surface area contributed by atoms with E-state index in [0.29, 0.717) is 43.7 Å². The van der Waals surface area contributed by atoms with E-state index in [2.05, 4.69) is 16.0 Å². The molecule has 0 radical (unpaired) electrons. The van der Waals surface area contributed by atoms with Crippen LogP contribution >= 0.6 is 0 Å². The Morgan fingerprint density at radius 3 is 2.06 bits per heavy atom. The third-order valence-corrected chi connectivity index (χ3v) is 7.27. The van der Waals surface area contributed by atoms with Crippen molar-refractivity contribution in [2.24, 2.45) is 0 Å². The van der Waals surface area contributed by atoms with Crippen LogP contribution in [0, 0.1) is 0 Å². The predicted molar refractivity (Wildman–Crippen MR) is 124 cm³/mol. The van der Waals surface area contributed by atoms with Crippen LogP contribution in [0.5, 0.6) is 0 Å². The summed E-state index contributed by atoms with van der Waals surface area (Å²) in [4.78, 5) is 34.8. The van der Waals surface area contributed by atoms with Crippen LogP contribution in [0.25, 0.3) is 0 Å². The number of anilines is 1. The molecule has 0 aromatic heterocycles. The van der Waals surface area contributed by atoms with E-state index in [-0.39, 0.29) is 28.7 Å². The highest BCUT2D eigenvalue weighted by molar-refractivity contribution is 7.89. The van der Waals surface area contributed by atoms with Crippen molar-refractivity contribution in [1.82, 2.24) is 14.9 Å². The smallest absolute Gasteiger partial charge is 0.251 e. The third kappa shape index (κ3) is 6.62. The Hall–Kier alpha value is -3.24. The van der Waals surface area contributed by atoms with E-state index in [1.165, 1.54) is 30.3 Å². The van der Waals surface area contributed by atoms with E-state index in [1.54, 1.807) is 36.4 Å². The second-order valence-electron chi connectivity index (χ2n) is 7.96. The molecule has 33 heavy (non-hydrogen) atoms. The molecule has 9 nitrogen and oxygen atoms in total. The lowest BCUT2D eigenvalue weighted by molar-refractivity contribution is -0.119. The Morgan fingerprint density at radius 2 is 1.52 bits per heavy atom. The number of hydrogen-bond donors (Lipinski definition) is 3. The molecule has 3 amide bonds. The first kappa shape index (κ1) is 24.4. The largest absolute Gasteiger partial charge is 0.352 e. The molecular formula is C23H28N4O5S. The summed E-state index contributed by atoms with van der Waals surface area (Å²) < 4.78 is 27.3. The molecule has 0 atom stereocenters. The van der Waals surface area contributed by atoms with Crippen LogP contribution in [0.1, 0.15) is 42.6 Å². The molecule has 10 heteroatoms. The van der Waals surface area contributed by atoms with Crippen molar-refractivity contribution in [2.75, 3.05) is 18.4 Å². The first-order chi connectivity index (χ1) is 15.6. The van der Waals surface area contributed by atoms with Crippen LogP contribution in [0.4, 0.5) is 5.69 Å². The molecule has 0 saturated carbocycles. The maximum Gasteiger partial charge on any atom is 0.251 e. The van der Waals surface area contributed by atoms with Gasteiger partial charge < -0.3 is 16.0 Å². The highest BCUT2D eigenvalue weighted by atomic mass is 32.2. The predicted octanol–water partition coefficient (Wildman–Crippen LogP) is 1.86. The Morgan fingerprint density at radius 1 is 0.909 bits per heavy atom. The van der Waals surface area contributed by atoms with Gasteiger partial charge in [-0.15, -0.1) is 0 Å². The van der Waals surface area contributed by atoms with Crippen LogP contribution in [0.3, 0.4) is 0 Å². The van der Waals surface area contributed by atoms with Crippen molar-refractivity contribution in [2.45, 2.75) is 44.2 Å². The molecule has 3 rings (SSSR count). The SMILES string of the molecule is CC(=O)NCc1ccc(C(=O)NC2CCN(S(=O)(=O)c3ccc(NC(C)=O)cc3)CC2)cc1. The summed E-state index contributed by atoms with van der Waals surface area (Å²) in [6.45, 7) is 3.84. The van der Waals surface area contributed by atoms with E-state index in [0.717, 1.165) is 5.56 Å². The number of carbonyl (C=O) groups excluding carboxylic acids is 3. The van der Waals surface area contributed by atoms with Gasteiger partial charge >= 0.3 is 0 Å². The highest BCUT2D eigenvalue weighted by Crippen LogP contribution is 2.22. The lowest BCUT2D eigenvalue weighted by atomic mass is 10.1. The van der Waals surface area contributed by atoms with Crippen molar-refractivity contribution in [3.05, 3.63) is 59.7 Å². The maximum absolute atomic E-state index is 12.9. The molecule has 1 saturated heterocycles. The minimum atomic E-state index is -3.65. The number of nitrogens with zero attached hydrogens (tertiary/aromatic N) is 1. The quantitative estimate of drug-likeness (QED) is 0.567. The lowest BCUT2D eigenvalue weighted by Gasteiger charge is -2.31. The van der Waals surface area contributed by atoms with Gasteiger partial charge in [0.15, 0.2) is 0 Å². The number of carbonyl (C=O) groups is 3. The third-order valence-electron chi connectivity index (χ3n) is 5.36. The van der Waals surface area contributed by atoms with Crippen LogP contribution in [0.2, 0.25) is 0 Å². The molecule has 1 heterocycles. The number of rotatable bonds is 7. The topological polar surface area (TPSA) is 125 Å². The Bertz CT molecular complexity index is 1110. The van der Waals surface area contributed by atoms with Crippen LogP contribution < -0.4 is 16.0 Å². The lowest BCUT2D eigenvalue weighted by Crippen LogP contribution is -2.46. The summed E-state index contributed by atoms with van der Waals surface area (Å²) in [5.41, 5.74) is 1.94. The van der Waals surface area contributed by atoms with Crippen LogP contribution in [0.15, 0.2) is 53.4 Å². The zero-order valence-corrected chi connectivity index (χ0v) is 19.4. The summed E-state index contributed by atoms with van der Waals surface area (Å²) in [6.07, 6.45) is 1.02. The summed E-state index contributed by atoms with van der Waals surface area (Å²) >= 11 is 0. The monoisotopic (exact) mass is 472 g/mol. The number of piperidine rings is 1. The van der Waals surface area contributed by atoms with Gasteiger partial charge in [-0.1, -0.05) is 12.1 Å². The Kier molecular flexibility index (Phi) is 7.83. The Balaban J connectivity index is 1.53. The number of benzene rings is 2. The van der Waals surface area contributed by atoms with Gasteiger partial charge in [-0.25, -0.2) is 8.42 Å². The minimum Gasteiger partial charge on any atom is -0.352 e. The number of sulfonamides is 1. The van der Waals surface area contributed by atoms with E-state index < -0.39 is 10.0 Å². The van der Waals surface area contributed by atoms with Crippen molar-refractivity contribution in [3.63, 3.8) is 0 Å². The number of amides is 3. The number of nitrogens with one attached hydrogen (secondary N) is 3. The van der Waals surface area contributed by atoms with Gasteiger partial charge in [0.2, 0.25) is 21.8 Å².